The summed E-state index contributed by atoms with van der Waals surface area (Å²) in [6.07, 6.45) is 4.74. The molecule has 3 heteroatoms. The van der Waals surface area contributed by atoms with Gasteiger partial charge in [0, 0.05) is 20.2 Å². The Bertz CT molecular complexity index is 246. The topological polar surface area (TPSA) is 12.5 Å². The zero-order chi connectivity index (χ0) is 11.7. The lowest BCUT2D eigenvalue weighted by molar-refractivity contribution is 0.131. The molecule has 0 aliphatic carbocycles. The first-order valence-corrected chi connectivity index (χ1v) is 5.11. The molecule has 0 aromatic heterocycles. The molecule has 0 aromatic carbocycles. The lowest BCUT2D eigenvalue weighted by Crippen LogP contribution is -2.22. The summed E-state index contributed by atoms with van der Waals surface area (Å²) in [6.45, 7) is 9.15. The zero-order valence-electron chi connectivity index (χ0n) is 9.79. The van der Waals surface area contributed by atoms with Gasteiger partial charge < -0.3 is 9.64 Å². The van der Waals surface area contributed by atoms with Crippen LogP contribution >= 0.6 is 0 Å². The van der Waals surface area contributed by atoms with Crippen molar-refractivity contribution < 1.29 is 9.13 Å². The Morgan fingerprint density at radius 2 is 2.20 bits per heavy atom. The monoisotopic (exact) mass is 213 g/mol. The Kier molecular flexibility index (Phi) is 7.64. The van der Waals surface area contributed by atoms with E-state index in [1.54, 1.807) is 12.2 Å². The molecule has 0 bridgehead atoms. The van der Waals surface area contributed by atoms with E-state index in [0.29, 0.717) is 25.5 Å². The van der Waals surface area contributed by atoms with E-state index in [0.717, 1.165) is 0 Å². The van der Waals surface area contributed by atoms with Crippen molar-refractivity contribution in [2.24, 2.45) is 0 Å². The maximum absolute atomic E-state index is 13.4. The van der Waals surface area contributed by atoms with Crippen LogP contribution in [-0.2, 0) is 4.74 Å². The van der Waals surface area contributed by atoms with Gasteiger partial charge in [-0.05, 0) is 26.0 Å². The van der Waals surface area contributed by atoms with Gasteiger partial charge >= 0.3 is 0 Å². The smallest absolute Gasteiger partial charge is 0.145 e. The van der Waals surface area contributed by atoms with E-state index in [2.05, 4.69) is 6.58 Å². The molecule has 0 aliphatic heterocycles. The first-order valence-electron chi connectivity index (χ1n) is 5.11. The second-order valence-corrected chi connectivity index (χ2v) is 3.06. The molecule has 0 atom stereocenters. The van der Waals surface area contributed by atoms with Gasteiger partial charge in [0.2, 0.25) is 0 Å². The van der Waals surface area contributed by atoms with Gasteiger partial charge in [-0.2, -0.15) is 0 Å². The third-order valence-corrected chi connectivity index (χ3v) is 1.93. The Hall–Kier alpha value is -1.09. The molecular formula is C12H20FNO. The largest absolute Gasteiger partial charge is 0.380 e. The van der Waals surface area contributed by atoms with E-state index in [1.807, 2.05) is 25.8 Å². The van der Waals surface area contributed by atoms with E-state index in [1.165, 1.54) is 6.08 Å². The number of likely N-dealkylation sites (N-methyl/N-ethyl adjacent to an activating group) is 1. The first-order chi connectivity index (χ1) is 7.17. The lowest BCUT2D eigenvalue weighted by Gasteiger charge is -2.20. The average Bonchev–Trinajstić information content (AvgIpc) is 2.25. The van der Waals surface area contributed by atoms with Crippen LogP contribution < -0.4 is 0 Å². The summed E-state index contributed by atoms with van der Waals surface area (Å²) in [7, 11) is 1.83. The van der Waals surface area contributed by atoms with Crippen LogP contribution in [-0.4, -0.2) is 31.7 Å². The summed E-state index contributed by atoms with van der Waals surface area (Å²) in [5.74, 6) is -0.313. The number of rotatable bonds is 7. The fourth-order valence-electron chi connectivity index (χ4n) is 1.12. The normalized spacial score (nSPS) is 12.8. The fourth-order valence-corrected chi connectivity index (χ4v) is 1.12. The predicted octanol–water partition coefficient (Wildman–Crippen LogP) is 2.90. The molecule has 0 saturated carbocycles. The fraction of sp³-hybridized carbons (Fsp3) is 0.500. The molecule has 0 rings (SSSR count). The number of nitrogens with zero attached hydrogens (tertiary/aromatic N) is 1. The van der Waals surface area contributed by atoms with Crippen LogP contribution in [0.25, 0.3) is 0 Å². The molecular weight excluding hydrogens is 193 g/mol. The molecule has 86 valence electrons. The van der Waals surface area contributed by atoms with E-state index < -0.39 is 0 Å². The molecule has 0 heterocycles. The Morgan fingerprint density at radius 3 is 2.67 bits per heavy atom. The maximum Gasteiger partial charge on any atom is 0.145 e. The van der Waals surface area contributed by atoms with Crippen LogP contribution in [0.3, 0.4) is 0 Å². The predicted molar refractivity (Wildman–Crippen MR) is 62.3 cm³/mol. The summed E-state index contributed by atoms with van der Waals surface area (Å²) in [5, 5.41) is 0. The number of allylic oxidation sites excluding steroid dienone is 4. The third kappa shape index (κ3) is 5.37. The molecule has 0 unspecified atom stereocenters. The molecule has 0 saturated heterocycles. The van der Waals surface area contributed by atoms with Gasteiger partial charge in [0.25, 0.3) is 0 Å². The number of hydrogen-bond acceptors (Lipinski definition) is 2. The quantitative estimate of drug-likeness (QED) is 0.476. The second-order valence-electron chi connectivity index (χ2n) is 3.06. The van der Waals surface area contributed by atoms with Crippen molar-refractivity contribution in [1.82, 2.24) is 4.90 Å². The molecule has 0 amide bonds. The van der Waals surface area contributed by atoms with Gasteiger partial charge in [0.15, 0.2) is 0 Å². The third-order valence-electron chi connectivity index (χ3n) is 1.93. The summed E-state index contributed by atoms with van der Waals surface area (Å²) < 4.78 is 18.6. The van der Waals surface area contributed by atoms with Crippen LogP contribution in [0.5, 0.6) is 0 Å². The Morgan fingerprint density at radius 1 is 1.53 bits per heavy atom. The lowest BCUT2D eigenvalue weighted by atomic mass is 10.3. The highest BCUT2D eigenvalue weighted by atomic mass is 19.1. The molecule has 0 aliphatic rings. The van der Waals surface area contributed by atoms with Gasteiger partial charge in [-0.25, -0.2) is 4.39 Å². The van der Waals surface area contributed by atoms with E-state index in [9.17, 15) is 4.39 Å². The molecule has 0 spiro atoms. The van der Waals surface area contributed by atoms with E-state index in [-0.39, 0.29) is 5.83 Å². The molecule has 0 aromatic rings. The van der Waals surface area contributed by atoms with Gasteiger partial charge in [-0.15, -0.1) is 0 Å². The van der Waals surface area contributed by atoms with Crippen molar-refractivity contribution in [3.8, 4) is 0 Å². The maximum atomic E-state index is 13.4. The van der Waals surface area contributed by atoms with Gasteiger partial charge in [0.05, 0.1) is 12.3 Å². The molecule has 0 fully saturated rings. The average molecular weight is 213 g/mol. The van der Waals surface area contributed by atoms with Gasteiger partial charge in [-0.3, -0.25) is 0 Å². The standard InChI is InChI=1S/C12H20FNO/c1-5-8-12(11(13)6-2)14(4)9-10-15-7-3/h5-6,8H,2,7,9-10H2,1,3-4H3/b8-5-,12-11-. The van der Waals surface area contributed by atoms with Gasteiger partial charge in [0.1, 0.15) is 5.83 Å². The van der Waals surface area contributed by atoms with Crippen LogP contribution in [0.2, 0.25) is 0 Å². The SMILES string of the molecule is C=C/C(F)=C(\C=C/C)N(C)CCOCC. The van der Waals surface area contributed by atoms with Crippen molar-refractivity contribution in [1.29, 1.82) is 0 Å². The summed E-state index contributed by atoms with van der Waals surface area (Å²) in [5.41, 5.74) is 0.534. The van der Waals surface area contributed by atoms with Crippen molar-refractivity contribution in [3.63, 3.8) is 0 Å². The second kappa shape index (κ2) is 8.24. The summed E-state index contributed by atoms with van der Waals surface area (Å²) >= 11 is 0. The molecule has 2 nitrogen and oxygen atoms in total. The number of ether oxygens (including phenoxy) is 1. The van der Waals surface area contributed by atoms with Crippen molar-refractivity contribution >= 4 is 0 Å². The summed E-state index contributed by atoms with van der Waals surface area (Å²) in [6, 6.07) is 0. The zero-order valence-corrected chi connectivity index (χ0v) is 9.79. The van der Waals surface area contributed by atoms with Crippen molar-refractivity contribution in [3.05, 3.63) is 36.3 Å². The number of hydrogen-bond donors (Lipinski definition) is 0. The van der Waals surface area contributed by atoms with Crippen molar-refractivity contribution in [2.45, 2.75) is 13.8 Å². The van der Waals surface area contributed by atoms with E-state index >= 15 is 0 Å². The van der Waals surface area contributed by atoms with Crippen molar-refractivity contribution in [2.75, 3.05) is 26.8 Å². The van der Waals surface area contributed by atoms with Gasteiger partial charge in [-0.1, -0.05) is 12.7 Å². The number of halogens is 1. The Labute approximate surface area is 91.7 Å². The van der Waals surface area contributed by atoms with Crippen LogP contribution in [0.1, 0.15) is 13.8 Å². The molecule has 0 N–H and O–H groups in total. The van der Waals surface area contributed by atoms with Crippen LogP contribution in [0, 0.1) is 0 Å². The first kappa shape index (κ1) is 13.9. The van der Waals surface area contributed by atoms with Crippen LogP contribution in [0.15, 0.2) is 36.3 Å². The highest BCUT2D eigenvalue weighted by Gasteiger charge is 2.05. The highest BCUT2D eigenvalue weighted by molar-refractivity contribution is 5.26. The molecule has 15 heavy (non-hydrogen) atoms. The minimum Gasteiger partial charge on any atom is -0.380 e. The minimum atomic E-state index is -0.313. The van der Waals surface area contributed by atoms with E-state index in [4.69, 9.17) is 4.74 Å². The minimum absolute atomic E-state index is 0.313. The van der Waals surface area contributed by atoms with Crippen LogP contribution in [0.4, 0.5) is 4.39 Å². The summed E-state index contributed by atoms with van der Waals surface area (Å²) in [4.78, 5) is 1.81. The Balaban J connectivity index is 4.43. The highest BCUT2D eigenvalue weighted by Crippen LogP contribution is 2.12. The molecule has 0 radical (unpaired) electrons.